The molecule has 0 bridgehead atoms. The van der Waals surface area contributed by atoms with Crippen LogP contribution in [0.25, 0.3) is 11.4 Å². The highest BCUT2D eigenvalue weighted by Crippen LogP contribution is 2.38. The summed E-state index contributed by atoms with van der Waals surface area (Å²) < 4.78 is 27.2. The Balaban J connectivity index is 1.12. The molecule has 2 N–H and O–H groups in total. The molecular formula is C24H28N6O3S. The number of H-pyrrole nitrogens is 1. The fourth-order valence-corrected chi connectivity index (χ4v) is 5.46. The molecule has 0 atom stereocenters. The van der Waals surface area contributed by atoms with Crippen LogP contribution in [0.15, 0.2) is 53.4 Å². The van der Waals surface area contributed by atoms with Gasteiger partial charge in [-0.3, -0.25) is 14.8 Å². The molecule has 0 unspecified atom stereocenters. The number of sulfonamides is 1. The van der Waals surface area contributed by atoms with Crippen molar-refractivity contribution in [3.63, 3.8) is 0 Å². The minimum absolute atomic E-state index is 0.128. The van der Waals surface area contributed by atoms with Gasteiger partial charge < -0.3 is 5.32 Å². The number of anilines is 1. The maximum Gasteiger partial charge on any atom is 0.243 e. The van der Waals surface area contributed by atoms with Crippen LogP contribution in [0.4, 0.5) is 5.69 Å². The van der Waals surface area contributed by atoms with Crippen molar-refractivity contribution in [3.05, 3.63) is 59.9 Å². The van der Waals surface area contributed by atoms with Gasteiger partial charge in [0.05, 0.1) is 11.4 Å². The summed E-state index contributed by atoms with van der Waals surface area (Å²) >= 11 is 0. The maximum atomic E-state index is 12.9. The quantitative estimate of drug-likeness (QED) is 0.538. The Kier molecular flexibility index (Phi) is 6.20. The molecule has 1 aromatic heterocycles. The number of carbonyl (C=O) groups excluding carboxylic acids is 1. The fraction of sp³-hybridized carbons (Fsp3) is 0.375. The van der Waals surface area contributed by atoms with Gasteiger partial charge in [-0.25, -0.2) is 13.4 Å². The number of aromatic amines is 1. The molecule has 1 aliphatic heterocycles. The van der Waals surface area contributed by atoms with Crippen molar-refractivity contribution in [2.75, 3.05) is 38.0 Å². The smallest absolute Gasteiger partial charge is 0.243 e. The highest BCUT2D eigenvalue weighted by atomic mass is 32.2. The Labute approximate surface area is 199 Å². The first-order valence-corrected chi connectivity index (χ1v) is 12.9. The summed E-state index contributed by atoms with van der Waals surface area (Å²) in [5.41, 5.74) is 2.62. The number of hydrogen-bond donors (Lipinski definition) is 2. The minimum Gasteiger partial charge on any atom is -0.325 e. The zero-order chi connectivity index (χ0) is 23.7. The van der Waals surface area contributed by atoms with Crippen LogP contribution in [0.2, 0.25) is 0 Å². The van der Waals surface area contributed by atoms with Gasteiger partial charge >= 0.3 is 0 Å². The largest absolute Gasteiger partial charge is 0.325 e. The SMILES string of the molecule is Cc1ccc(S(=O)(=O)N2CCN(CC(=O)Nc3ccc(-c4n[nH]c(C5CC5)n4)cc3)CC2)cc1. The van der Waals surface area contributed by atoms with Crippen LogP contribution in [-0.4, -0.2) is 71.4 Å². The molecule has 1 saturated heterocycles. The Bertz CT molecular complexity index is 1260. The number of aromatic nitrogens is 3. The van der Waals surface area contributed by atoms with E-state index in [1.54, 1.807) is 24.3 Å². The lowest BCUT2D eigenvalue weighted by Gasteiger charge is -2.33. The number of rotatable bonds is 7. The second-order valence-electron chi connectivity index (χ2n) is 8.94. The molecule has 2 fully saturated rings. The van der Waals surface area contributed by atoms with E-state index in [1.807, 2.05) is 36.1 Å². The van der Waals surface area contributed by atoms with Gasteiger partial charge in [0.15, 0.2) is 5.82 Å². The molecular weight excluding hydrogens is 452 g/mol. The second-order valence-corrected chi connectivity index (χ2v) is 10.9. The van der Waals surface area contributed by atoms with Crippen LogP contribution in [0.3, 0.4) is 0 Å². The standard InChI is InChI=1S/C24H28N6O3S/c1-17-2-10-21(11-3-17)34(32,33)30-14-12-29(13-15-30)16-22(31)25-20-8-6-19(7-9-20)24-26-23(27-28-24)18-4-5-18/h2-3,6-11,18H,4-5,12-16H2,1H3,(H,25,31)(H,26,27,28). The number of piperazine rings is 1. The van der Waals surface area contributed by atoms with Crippen molar-refractivity contribution in [3.8, 4) is 11.4 Å². The summed E-state index contributed by atoms with van der Waals surface area (Å²) in [7, 11) is -3.51. The van der Waals surface area contributed by atoms with E-state index in [2.05, 4.69) is 20.5 Å². The zero-order valence-corrected chi connectivity index (χ0v) is 19.9. The number of nitrogens with zero attached hydrogens (tertiary/aromatic N) is 4. The van der Waals surface area contributed by atoms with Crippen LogP contribution in [0.1, 0.15) is 30.1 Å². The molecule has 0 spiro atoms. The van der Waals surface area contributed by atoms with E-state index in [0.29, 0.717) is 48.5 Å². The van der Waals surface area contributed by atoms with Gasteiger partial charge in [-0.05, 0) is 56.2 Å². The van der Waals surface area contributed by atoms with E-state index in [0.717, 1.165) is 29.8 Å². The van der Waals surface area contributed by atoms with Crippen LogP contribution in [0.5, 0.6) is 0 Å². The summed E-state index contributed by atoms with van der Waals surface area (Å²) in [6, 6.07) is 14.4. The van der Waals surface area contributed by atoms with Crippen molar-refractivity contribution in [1.29, 1.82) is 0 Å². The van der Waals surface area contributed by atoms with Gasteiger partial charge in [0.2, 0.25) is 15.9 Å². The topological polar surface area (TPSA) is 111 Å². The average molecular weight is 481 g/mol. The summed E-state index contributed by atoms with van der Waals surface area (Å²) in [4.78, 5) is 19.4. The molecule has 1 saturated carbocycles. The van der Waals surface area contributed by atoms with E-state index in [4.69, 9.17) is 0 Å². The molecule has 2 aliphatic rings. The lowest BCUT2D eigenvalue weighted by molar-refractivity contribution is -0.117. The van der Waals surface area contributed by atoms with Crippen molar-refractivity contribution >= 4 is 21.6 Å². The lowest BCUT2D eigenvalue weighted by atomic mass is 10.2. The van der Waals surface area contributed by atoms with E-state index in [9.17, 15) is 13.2 Å². The first kappa shape index (κ1) is 22.7. The van der Waals surface area contributed by atoms with Gasteiger partial charge in [-0.2, -0.15) is 9.40 Å². The summed E-state index contributed by atoms with van der Waals surface area (Å²) in [5, 5.41) is 10.2. The molecule has 10 heteroatoms. The predicted molar refractivity (Wildman–Crippen MR) is 129 cm³/mol. The molecule has 9 nitrogen and oxygen atoms in total. The third kappa shape index (κ3) is 5.03. The van der Waals surface area contributed by atoms with E-state index < -0.39 is 10.0 Å². The summed E-state index contributed by atoms with van der Waals surface area (Å²) in [6.07, 6.45) is 2.33. The Morgan fingerprint density at radius 3 is 2.35 bits per heavy atom. The zero-order valence-electron chi connectivity index (χ0n) is 19.1. The van der Waals surface area contributed by atoms with E-state index in [1.165, 1.54) is 4.31 Å². The third-order valence-corrected chi connectivity index (χ3v) is 8.16. The molecule has 2 aromatic carbocycles. The van der Waals surface area contributed by atoms with Crippen LogP contribution >= 0.6 is 0 Å². The summed E-state index contributed by atoms with van der Waals surface area (Å²) in [5.74, 6) is 2.00. The Morgan fingerprint density at radius 2 is 1.71 bits per heavy atom. The van der Waals surface area contributed by atoms with Gasteiger partial charge in [0, 0.05) is 43.3 Å². The van der Waals surface area contributed by atoms with Crippen LogP contribution in [0, 0.1) is 6.92 Å². The number of benzene rings is 2. The third-order valence-electron chi connectivity index (χ3n) is 6.25. The first-order chi connectivity index (χ1) is 16.4. The molecule has 178 valence electrons. The first-order valence-electron chi connectivity index (χ1n) is 11.5. The molecule has 2 heterocycles. The van der Waals surface area contributed by atoms with Gasteiger partial charge in [0.25, 0.3) is 0 Å². The van der Waals surface area contributed by atoms with Gasteiger partial charge in [0.1, 0.15) is 5.82 Å². The van der Waals surface area contributed by atoms with Crippen LogP contribution < -0.4 is 5.32 Å². The monoisotopic (exact) mass is 480 g/mol. The molecule has 5 rings (SSSR count). The minimum atomic E-state index is -3.51. The second kappa shape index (κ2) is 9.28. The maximum absolute atomic E-state index is 12.9. The van der Waals surface area contributed by atoms with Gasteiger partial charge in [-0.15, -0.1) is 0 Å². The lowest BCUT2D eigenvalue weighted by Crippen LogP contribution is -2.50. The van der Waals surface area contributed by atoms with Crippen molar-refractivity contribution in [2.24, 2.45) is 0 Å². The fourth-order valence-electron chi connectivity index (χ4n) is 4.04. The molecule has 3 aromatic rings. The molecule has 1 aliphatic carbocycles. The van der Waals surface area contributed by atoms with E-state index >= 15 is 0 Å². The number of amides is 1. The number of hydrogen-bond acceptors (Lipinski definition) is 6. The van der Waals surface area contributed by atoms with E-state index in [-0.39, 0.29) is 12.5 Å². The van der Waals surface area contributed by atoms with Gasteiger partial charge in [-0.1, -0.05) is 17.7 Å². The number of nitrogens with one attached hydrogen (secondary N) is 2. The number of carbonyl (C=O) groups is 1. The Morgan fingerprint density at radius 1 is 1.03 bits per heavy atom. The highest BCUT2D eigenvalue weighted by molar-refractivity contribution is 7.89. The molecule has 34 heavy (non-hydrogen) atoms. The van der Waals surface area contributed by atoms with Crippen molar-refractivity contribution in [1.82, 2.24) is 24.4 Å². The van der Waals surface area contributed by atoms with Crippen LogP contribution in [-0.2, 0) is 14.8 Å². The molecule has 1 amide bonds. The molecule has 0 radical (unpaired) electrons. The van der Waals surface area contributed by atoms with Crippen molar-refractivity contribution < 1.29 is 13.2 Å². The van der Waals surface area contributed by atoms with Crippen molar-refractivity contribution in [2.45, 2.75) is 30.6 Å². The predicted octanol–water partition coefficient (Wildman–Crippen LogP) is 2.60. The number of aryl methyl sites for hydroxylation is 1. The average Bonchev–Trinajstić information content (AvgIpc) is 3.57. The normalized spacial score (nSPS) is 17.6. The Hall–Kier alpha value is -3.08. The highest BCUT2D eigenvalue weighted by Gasteiger charge is 2.29. The summed E-state index contributed by atoms with van der Waals surface area (Å²) in [6.45, 7) is 3.87.